The van der Waals surface area contributed by atoms with Crippen molar-refractivity contribution in [1.29, 1.82) is 0 Å². The maximum absolute atomic E-state index is 13.3. The van der Waals surface area contributed by atoms with Crippen LogP contribution in [0.25, 0.3) is 22.2 Å². The quantitative estimate of drug-likeness (QED) is 0.317. The van der Waals surface area contributed by atoms with Crippen molar-refractivity contribution in [3.8, 4) is 11.3 Å². The van der Waals surface area contributed by atoms with Crippen LogP contribution in [0.15, 0.2) is 108 Å². The molecule has 3 aromatic carbocycles. The van der Waals surface area contributed by atoms with Crippen LogP contribution in [-0.2, 0) is 10.0 Å². The monoisotopic (exact) mass is 494 g/mol. The van der Waals surface area contributed by atoms with Crippen LogP contribution in [0.5, 0.6) is 0 Å². The summed E-state index contributed by atoms with van der Waals surface area (Å²) in [7, 11) is -3.71. The van der Waals surface area contributed by atoms with Crippen molar-refractivity contribution in [2.24, 2.45) is 0 Å². The number of rotatable bonds is 6. The number of nitrogens with zero attached hydrogens (tertiary/aromatic N) is 2. The third-order valence-corrected chi connectivity index (χ3v) is 7.04. The molecule has 0 aliphatic rings. The van der Waals surface area contributed by atoms with E-state index in [9.17, 15) is 13.2 Å². The Balaban J connectivity index is 1.38. The highest BCUT2D eigenvalue weighted by molar-refractivity contribution is 7.92. The van der Waals surface area contributed by atoms with Crippen LogP contribution in [0.4, 0.5) is 11.4 Å². The van der Waals surface area contributed by atoms with E-state index in [0.717, 1.165) is 16.5 Å². The summed E-state index contributed by atoms with van der Waals surface area (Å²) in [5.74, 6) is -0.299. The summed E-state index contributed by atoms with van der Waals surface area (Å²) in [5, 5.41) is 3.62. The SMILES string of the molecule is Cc1ccc(S(=O)(=O)Nc2ccc(NC(=O)c3cc(-c4cccnc4)nc4ccccc34)cc2)cc1. The van der Waals surface area contributed by atoms with Crippen LogP contribution in [0, 0.1) is 6.92 Å². The second-order valence-corrected chi connectivity index (χ2v) is 9.95. The summed E-state index contributed by atoms with van der Waals surface area (Å²) in [6.07, 6.45) is 3.39. The number of aryl methyl sites for hydroxylation is 1. The smallest absolute Gasteiger partial charge is 0.261 e. The number of aromatic nitrogens is 2. The van der Waals surface area contributed by atoms with Gasteiger partial charge in [0.2, 0.25) is 0 Å². The molecule has 0 unspecified atom stereocenters. The van der Waals surface area contributed by atoms with Gasteiger partial charge < -0.3 is 5.32 Å². The van der Waals surface area contributed by atoms with E-state index in [-0.39, 0.29) is 10.8 Å². The van der Waals surface area contributed by atoms with Crippen LogP contribution in [0.2, 0.25) is 0 Å². The lowest BCUT2D eigenvalue weighted by Crippen LogP contribution is -2.14. The Labute approximate surface area is 208 Å². The Bertz CT molecular complexity index is 1650. The van der Waals surface area contributed by atoms with E-state index in [1.54, 1.807) is 67.0 Å². The molecule has 1 amide bonds. The van der Waals surface area contributed by atoms with Gasteiger partial charge in [-0.05, 0) is 67.6 Å². The Hall–Kier alpha value is -4.56. The average molecular weight is 495 g/mol. The minimum Gasteiger partial charge on any atom is -0.322 e. The molecule has 0 aliphatic carbocycles. The van der Waals surface area contributed by atoms with Crippen LogP contribution in [-0.4, -0.2) is 24.3 Å². The summed E-state index contributed by atoms with van der Waals surface area (Å²) in [6.45, 7) is 1.89. The van der Waals surface area contributed by atoms with Crippen molar-refractivity contribution >= 4 is 38.2 Å². The first-order valence-corrected chi connectivity index (χ1v) is 12.7. The fourth-order valence-corrected chi connectivity index (χ4v) is 4.84. The highest BCUT2D eigenvalue weighted by Crippen LogP contribution is 2.26. The summed E-state index contributed by atoms with van der Waals surface area (Å²) < 4.78 is 27.8. The predicted octanol–water partition coefficient (Wildman–Crippen LogP) is 5.66. The lowest BCUT2D eigenvalue weighted by molar-refractivity contribution is 0.102. The number of anilines is 2. The molecule has 36 heavy (non-hydrogen) atoms. The van der Waals surface area contributed by atoms with Crippen molar-refractivity contribution in [3.05, 3.63) is 115 Å². The van der Waals surface area contributed by atoms with Gasteiger partial charge in [0.1, 0.15) is 0 Å². The standard InChI is InChI=1S/C28H22N4O3S/c1-19-8-14-23(15-9-19)36(34,35)32-22-12-10-21(11-13-22)30-28(33)25-17-27(20-5-4-16-29-18-20)31-26-7-3-2-6-24(25)26/h2-18,32H,1H3,(H,30,33). The molecular weight excluding hydrogens is 472 g/mol. The van der Waals surface area contributed by atoms with Crippen LogP contribution in [0.1, 0.15) is 15.9 Å². The Morgan fingerprint density at radius 1 is 0.833 bits per heavy atom. The zero-order valence-electron chi connectivity index (χ0n) is 19.3. The topological polar surface area (TPSA) is 101 Å². The minimum atomic E-state index is -3.71. The fourth-order valence-electron chi connectivity index (χ4n) is 3.78. The number of carbonyl (C=O) groups excluding carboxylic acids is 1. The number of benzene rings is 3. The Morgan fingerprint density at radius 2 is 1.56 bits per heavy atom. The van der Waals surface area contributed by atoms with Crippen molar-refractivity contribution < 1.29 is 13.2 Å². The normalized spacial score (nSPS) is 11.2. The van der Waals surface area contributed by atoms with Gasteiger partial charge in [-0.2, -0.15) is 0 Å². The number of pyridine rings is 2. The fraction of sp³-hybridized carbons (Fsp3) is 0.0357. The van der Waals surface area contributed by atoms with Gasteiger partial charge in [0.15, 0.2) is 0 Å². The van der Waals surface area contributed by atoms with Crippen molar-refractivity contribution in [2.75, 3.05) is 10.0 Å². The summed E-state index contributed by atoms with van der Waals surface area (Å²) in [6, 6.07) is 26.0. The lowest BCUT2D eigenvalue weighted by Gasteiger charge is -2.12. The molecule has 5 rings (SSSR count). The molecule has 2 N–H and O–H groups in total. The number of nitrogens with one attached hydrogen (secondary N) is 2. The van der Waals surface area contributed by atoms with Gasteiger partial charge in [0.25, 0.3) is 15.9 Å². The van der Waals surface area contributed by atoms with Crippen molar-refractivity contribution in [2.45, 2.75) is 11.8 Å². The van der Waals surface area contributed by atoms with E-state index < -0.39 is 10.0 Å². The summed E-state index contributed by atoms with van der Waals surface area (Å²) >= 11 is 0. The van der Waals surface area contributed by atoms with Gasteiger partial charge in [-0.1, -0.05) is 35.9 Å². The highest BCUT2D eigenvalue weighted by Gasteiger charge is 2.16. The first-order valence-electron chi connectivity index (χ1n) is 11.2. The van der Waals surface area contributed by atoms with Gasteiger partial charge in [0.05, 0.1) is 21.7 Å². The summed E-state index contributed by atoms with van der Waals surface area (Å²) in [4.78, 5) is 22.3. The number of para-hydroxylation sites is 1. The van der Waals surface area contributed by atoms with E-state index in [0.29, 0.717) is 28.1 Å². The van der Waals surface area contributed by atoms with Crippen LogP contribution in [0.3, 0.4) is 0 Å². The van der Waals surface area contributed by atoms with E-state index in [4.69, 9.17) is 0 Å². The molecule has 2 aromatic heterocycles. The van der Waals surface area contributed by atoms with Crippen LogP contribution >= 0.6 is 0 Å². The van der Waals surface area contributed by atoms with Crippen molar-refractivity contribution in [1.82, 2.24) is 9.97 Å². The van der Waals surface area contributed by atoms with Gasteiger partial charge in [-0.25, -0.2) is 13.4 Å². The molecule has 7 nitrogen and oxygen atoms in total. The maximum atomic E-state index is 13.3. The number of hydrogen-bond acceptors (Lipinski definition) is 5. The second kappa shape index (κ2) is 9.59. The number of hydrogen-bond donors (Lipinski definition) is 2. The molecule has 0 radical (unpaired) electrons. The first-order chi connectivity index (χ1) is 17.4. The highest BCUT2D eigenvalue weighted by atomic mass is 32.2. The molecule has 0 saturated carbocycles. The van der Waals surface area contributed by atoms with Gasteiger partial charge >= 0.3 is 0 Å². The van der Waals surface area contributed by atoms with E-state index in [2.05, 4.69) is 20.0 Å². The molecule has 5 aromatic rings. The molecule has 178 valence electrons. The maximum Gasteiger partial charge on any atom is 0.261 e. The molecule has 0 saturated heterocycles. The number of fused-ring (bicyclic) bond motifs is 1. The van der Waals surface area contributed by atoms with E-state index in [1.165, 1.54) is 0 Å². The molecule has 0 bridgehead atoms. The zero-order valence-corrected chi connectivity index (χ0v) is 20.2. The third-order valence-electron chi connectivity index (χ3n) is 5.64. The van der Waals surface area contributed by atoms with Crippen LogP contribution < -0.4 is 10.0 Å². The average Bonchev–Trinajstić information content (AvgIpc) is 2.89. The molecule has 0 aliphatic heterocycles. The molecule has 2 heterocycles. The Kier molecular flexibility index (Phi) is 6.18. The molecule has 8 heteroatoms. The Morgan fingerprint density at radius 3 is 2.28 bits per heavy atom. The molecule has 0 fully saturated rings. The summed E-state index contributed by atoms with van der Waals surface area (Å²) in [5.41, 5.74) is 4.52. The van der Waals surface area contributed by atoms with Crippen molar-refractivity contribution in [3.63, 3.8) is 0 Å². The predicted molar refractivity (Wildman–Crippen MR) is 141 cm³/mol. The van der Waals surface area contributed by atoms with E-state index >= 15 is 0 Å². The molecular formula is C28H22N4O3S. The third kappa shape index (κ3) is 4.94. The first kappa shape index (κ1) is 23.2. The number of carbonyl (C=O) groups is 1. The van der Waals surface area contributed by atoms with Gasteiger partial charge in [0, 0.05) is 34.7 Å². The molecule has 0 atom stereocenters. The largest absolute Gasteiger partial charge is 0.322 e. The lowest BCUT2D eigenvalue weighted by atomic mass is 10.0. The van der Waals surface area contributed by atoms with Gasteiger partial charge in [-0.15, -0.1) is 0 Å². The zero-order chi connectivity index (χ0) is 25.1. The minimum absolute atomic E-state index is 0.180. The van der Waals surface area contributed by atoms with E-state index in [1.807, 2.05) is 43.3 Å². The molecule has 0 spiro atoms. The number of amides is 1. The van der Waals surface area contributed by atoms with Gasteiger partial charge in [-0.3, -0.25) is 14.5 Å². The second-order valence-electron chi connectivity index (χ2n) is 8.26. The number of sulfonamides is 1.